The zero-order valence-electron chi connectivity index (χ0n) is 18.7. The quantitative estimate of drug-likeness (QED) is 0.516. The van der Waals surface area contributed by atoms with Crippen LogP contribution in [0.5, 0.6) is 0 Å². The highest BCUT2D eigenvalue weighted by molar-refractivity contribution is 5.88. The van der Waals surface area contributed by atoms with Gasteiger partial charge in [-0.05, 0) is 60.6 Å². The molecule has 1 amide bonds. The normalized spacial score (nSPS) is 15.6. The van der Waals surface area contributed by atoms with E-state index in [1.807, 2.05) is 30.3 Å². The van der Waals surface area contributed by atoms with E-state index in [-0.39, 0.29) is 11.5 Å². The average Bonchev–Trinajstić information content (AvgIpc) is 2.85. The first kappa shape index (κ1) is 22.6. The zero-order valence-corrected chi connectivity index (χ0v) is 18.7. The standard InChI is InChI=1S/C28H30N2O3/c29-27(31)26(21-13-15-22(16-14-21)28(32)33)24(19-20-9-3-1-4-10-20)23-11-5-6-12-25(23)30-17-7-2-8-18-30/h1,3-6,9-16,24,26H,2,7-8,17-19H2,(H2,29,31)(H,32,33). The van der Waals surface area contributed by atoms with Crippen LogP contribution >= 0.6 is 0 Å². The van der Waals surface area contributed by atoms with E-state index in [4.69, 9.17) is 5.73 Å². The third kappa shape index (κ3) is 5.25. The third-order valence-electron chi connectivity index (χ3n) is 6.56. The second kappa shape index (κ2) is 10.3. The fourth-order valence-corrected chi connectivity index (χ4v) is 4.93. The summed E-state index contributed by atoms with van der Waals surface area (Å²) in [5.74, 6) is -2.17. The summed E-state index contributed by atoms with van der Waals surface area (Å²) in [5.41, 5.74) is 10.3. The Hall–Kier alpha value is -3.60. The van der Waals surface area contributed by atoms with Gasteiger partial charge in [-0.25, -0.2) is 4.79 Å². The van der Waals surface area contributed by atoms with Crippen molar-refractivity contribution in [2.24, 2.45) is 5.73 Å². The number of hydrogen-bond acceptors (Lipinski definition) is 3. The largest absolute Gasteiger partial charge is 0.478 e. The number of primary amides is 1. The van der Waals surface area contributed by atoms with E-state index in [1.54, 1.807) is 24.3 Å². The first-order valence-corrected chi connectivity index (χ1v) is 11.5. The number of carbonyl (C=O) groups is 2. The summed E-state index contributed by atoms with van der Waals surface area (Å²) < 4.78 is 0. The fraction of sp³-hybridized carbons (Fsp3) is 0.286. The Labute approximate surface area is 194 Å². The minimum atomic E-state index is -0.992. The molecule has 170 valence electrons. The lowest BCUT2D eigenvalue weighted by Crippen LogP contribution is -2.33. The molecule has 0 aromatic heterocycles. The van der Waals surface area contributed by atoms with Crippen molar-refractivity contribution in [2.45, 2.75) is 37.5 Å². The van der Waals surface area contributed by atoms with E-state index in [0.29, 0.717) is 6.42 Å². The molecule has 1 aliphatic heterocycles. The Morgan fingerprint density at radius 1 is 0.848 bits per heavy atom. The molecule has 0 saturated carbocycles. The van der Waals surface area contributed by atoms with E-state index in [0.717, 1.165) is 48.3 Å². The SMILES string of the molecule is NC(=O)C(c1ccc(C(=O)O)cc1)C(Cc1ccccc1)c1ccccc1N1CCCCC1. The van der Waals surface area contributed by atoms with Gasteiger partial charge in [0.2, 0.25) is 5.91 Å². The van der Waals surface area contributed by atoms with E-state index < -0.39 is 17.8 Å². The van der Waals surface area contributed by atoms with E-state index in [2.05, 4.69) is 29.2 Å². The highest BCUT2D eigenvalue weighted by Gasteiger charge is 2.32. The predicted octanol–water partition coefficient (Wildman–Crippen LogP) is 4.97. The Balaban J connectivity index is 1.80. The van der Waals surface area contributed by atoms with Crippen molar-refractivity contribution in [3.63, 3.8) is 0 Å². The molecule has 2 atom stereocenters. The molecule has 33 heavy (non-hydrogen) atoms. The number of aromatic carboxylic acids is 1. The maximum absolute atomic E-state index is 12.9. The zero-order chi connectivity index (χ0) is 23.2. The van der Waals surface area contributed by atoms with E-state index >= 15 is 0 Å². The molecule has 1 heterocycles. The number of carboxylic acid groups (broad SMARTS) is 1. The maximum Gasteiger partial charge on any atom is 0.335 e. The Kier molecular flexibility index (Phi) is 7.08. The van der Waals surface area contributed by atoms with Crippen molar-refractivity contribution in [1.29, 1.82) is 0 Å². The number of benzene rings is 3. The number of hydrogen-bond donors (Lipinski definition) is 2. The molecule has 1 fully saturated rings. The third-order valence-corrected chi connectivity index (χ3v) is 6.56. The van der Waals surface area contributed by atoms with Crippen LogP contribution in [0.15, 0.2) is 78.9 Å². The van der Waals surface area contributed by atoms with Crippen LogP contribution in [-0.4, -0.2) is 30.1 Å². The Morgan fingerprint density at radius 2 is 1.48 bits per heavy atom. The molecule has 1 aliphatic rings. The molecule has 0 aliphatic carbocycles. The number of carboxylic acids is 1. The molecule has 3 N–H and O–H groups in total. The van der Waals surface area contributed by atoms with Crippen LogP contribution in [0.3, 0.4) is 0 Å². The summed E-state index contributed by atoms with van der Waals surface area (Å²) in [6.45, 7) is 2.01. The van der Waals surface area contributed by atoms with Crippen molar-refractivity contribution >= 4 is 17.6 Å². The lowest BCUT2D eigenvalue weighted by Gasteiger charge is -2.34. The minimum absolute atomic E-state index is 0.182. The smallest absolute Gasteiger partial charge is 0.335 e. The molecular formula is C28H30N2O3. The van der Waals surface area contributed by atoms with E-state index in [1.165, 1.54) is 6.42 Å². The summed E-state index contributed by atoms with van der Waals surface area (Å²) in [6, 6.07) is 25.0. The van der Waals surface area contributed by atoms with Crippen molar-refractivity contribution < 1.29 is 14.7 Å². The molecule has 5 nitrogen and oxygen atoms in total. The van der Waals surface area contributed by atoms with Crippen LogP contribution < -0.4 is 10.6 Å². The van der Waals surface area contributed by atoms with Gasteiger partial charge in [0.15, 0.2) is 0 Å². The minimum Gasteiger partial charge on any atom is -0.478 e. The second-order valence-electron chi connectivity index (χ2n) is 8.71. The molecule has 5 heteroatoms. The molecule has 0 spiro atoms. The molecule has 1 saturated heterocycles. The van der Waals surface area contributed by atoms with Crippen molar-refractivity contribution in [3.8, 4) is 0 Å². The number of rotatable bonds is 8. The molecule has 4 rings (SSSR count). The van der Waals surface area contributed by atoms with Crippen LogP contribution in [0.4, 0.5) is 5.69 Å². The van der Waals surface area contributed by atoms with Crippen LogP contribution in [0.25, 0.3) is 0 Å². The van der Waals surface area contributed by atoms with Gasteiger partial charge in [-0.2, -0.15) is 0 Å². The van der Waals surface area contributed by atoms with Gasteiger partial charge < -0.3 is 15.7 Å². The van der Waals surface area contributed by atoms with Gasteiger partial charge in [-0.3, -0.25) is 4.79 Å². The lowest BCUT2D eigenvalue weighted by atomic mass is 9.76. The molecule has 2 unspecified atom stereocenters. The fourth-order valence-electron chi connectivity index (χ4n) is 4.93. The number of carbonyl (C=O) groups excluding carboxylic acids is 1. The molecule has 3 aromatic rings. The Morgan fingerprint density at radius 3 is 2.12 bits per heavy atom. The summed E-state index contributed by atoms with van der Waals surface area (Å²) in [5, 5.41) is 9.29. The van der Waals surface area contributed by atoms with Crippen LogP contribution in [0.2, 0.25) is 0 Å². The lowest BCUT2D eigenvalue weighted by molar-refractivity contribution is -0.120. The number of anilines is 1. The van der Waals surface area contributed by atoms with Gasteiger partial charge in [-0.1, -0.05) is 60.7 Å². The summed E-state index contributed by atoms with van der Waals surface area (Å²) in [6.07, 6.45) is 4.22. The van der Waals surface area contributed by atoms with E-state index in [9.17, 15) is 14.7 Å². The van der Waals surface area contributed by atoms with Gasteiger partial charge in [-0.15, -0.1) is 0 Å². The molecule has 0 bridgehead atoms. The van der Waals surface area contributed by atoms with Crippen LogP contribution in [0, 0.1) is 0 Å². The second-order valence-corrected chi connectivity index (χ2v) is 8.71. The number of amides is 1. The van der Waals surface area contributed by atoms with Gasteiger partial charge in [0, 0.05) is 24.7 Å². The van der Waals surface area contributed by atoms with Gasteiger partial charge in [0.25, 0.3) is 0 Å². The molecule has 3 aromatic carbocycles. The van der Waals surface area contributed by atoms with Gasteiger partial charge in [0.1, 0.15) is 0 Å². The maximum atomic E-state index is 12.9. The monoisotopic (exact) mass is 442 g/mol. The number of piperidine rings is 1. The number of nitrogens with two attached hydrogens (primary N) is 1. The van der Waals surface area contributed by atoms with Crippen molar-refractivity contribution in [3.05, 3.63) is 101 Å². The first-order valence-electron chi connectivity index (χ1n) is 11.5. The van der Waals surface area contributed by atoms with Crippen LogP contribution in [0.1, 0.15) is 58.1 Å². The highest BCUT2D eigenvalue weighted by Crippen LogP contribution is 2.41. The number of nitrogens with zero attached hydrogens (tertiary/aromatic N) is 1. The van der Waals surface area contributed by atoms with Crippen molar-refractivity contribution in [1.82, 2.24) is 0 Å². The highest BCUT2D eigenvalue weighted by atomic mass is 16.4. The summed E-state index contributed by atoms with van der Waals surface area (Å²) >= 11 is 0. The summed E-state index contributed by atoms with van der Waals surface area (Å²) in [4.78, 5) is 26.7. The summed E-state index contributed by atoms with van der Waals surface area (Å²) in [7, 11) is 0. The predicted molar refractivity (Wildman–Crippen MR) is 131 cm³/mol. The van der Waals surface area contributed by atoms with Gasteiger partial charge in [0.05, 0.1) is 11.5 Å². The first-order chi connectivity index (χ1) is 16.0. The van der Waals surface area contributed by atoms with Crippen molar-refractivity contribution in [2.75, 3.05) is 18.0 Å². The van der Waals surface area contributed by atoms with Crippen LogP contribution in [-0.2, 0) is 11.2 Å². The average molecular weight is 443 g/mol. The molecule has 0 radical (unpaired) electrons. The number of para-hydroxylation sites is 1. The Bertz CT molecular complexity index is 1090. The topological polar surface area (TPSA) is 83.6 Å². The van der Waals surface area contributed by atoms with Gasteiger partial charge >= 0.3 is 5.97 Å². The molecular weight excluding hydrogens is 412 g/mol.